The molecule has 1 aliphatic heterocycles. The molecule has 0 spiro atoms. The third-order valence-corrected chi connectivity index (χ3v) is 6.64. The van der Waals surface area contributed by atoms with E-state index in [1.807, 2.05) is 30.3 Å². The molecule has 1 unspecified atom stereocenters. The first-order chi connectivity index (χ1) is 12.1. The highest BCUT2D eigenvalue weighted by atomic mass is 32.2. The molecule has 0 bridgehead atoms. The predicted molar refractivity (Wildman–Crippen MR) is 99.0 cm³/mol. The molecule has 2 heterocycles. The summed E-state index contributed by atoms with van der Waals surface area (Å²) in [4.78, 5) is 8.04. The van der Waals surface area contributed by atoms with Gasteiger partial charge < -0.3 is 10.6 Å². The van der Waals surface area contributed by atoms with E-state index in [0.717, 1.165) is 31.5 Å². The molecular weight excluding hydrogens is 336 g/mol. The summed E-state index contributed by atoms with van der Waals surface area (Å²) in [6.45, 7) is 1.70. The SMILES string of the molecule is O=S(=O)(CCc1ccccc1)C(Nc1ccncn1)C1CCNCC1. The fraction of sp³-hybridized carbons (Fsp3) is 0.444. The number of anilines is 1. The van der Waals surface area contributed by atoms with Crippen LogP contribution in [0.15, 0.2) is 48.9 Å². The fourth-order valence-electron chi connectivity index (χ4n) is 3.20. The van der Waals surface area contributed by atoms with Gasteiger partial charge in [0.05, 0.1) is 5.75 Å². The van der Waals surface area contributed by atoms with Crippen molar-refractivity contribution in [2.45, 2.75) is 24.6 Å². The van der Waals surface area contributed by atoms with Gasteiger partial charge in [0.25, 0.3) is 0 Å². The second-order valence-electron chi connectivity index (χ2n) is 6.35. The van der Waals surface area contributed by atoms with E-state index in [0.29, 0.717) is 12.2 Å². The van der Waals surface area contributed by atoms with Crippen LogP contribution in [0.4, 0.5) is 5.82 Å². The van der Waals surface area contributed by atoms with Gasteiger partial charge in [0.2, 0.25) is 0 Å². The van der Waals surface area contributed by atoms with Crippen molar-refractivity contribution in [3.05, 3.63) is 54.5 Å². The Morgan fingerprint density at radius 2 is 1.92 bits per heavy atom. The molecule has 6 nitrogen and oxygen atoms in total. The maximum atomic E-state index is 13.1. The summed E-state index contributed by atoms with van der Waals surface area (Å²) >= 11 is 0. The third-order valence-electron chi connectivity index (χ3n) is 4.59. The minimum Gasteiger partial charge on any atom is -0.353 e. The summed E-state index contributed by atoms with van der Waals surface area (Å²) in [5, 5.41) is 5.84. The van der Waals surface area contributed by atoms with Gasteiger partial charge in [-0.1, -0.05) is 30.3 Å². The normalized spacial score (nSPS) is 17.1. The second kappa shape index (κ2) is 8.40. The van der Waals surface area contributed by atoms with Crippen LogP contribution >= 0.6 is 0 Å². The van der Waals surface area contributed by atoms with Crippen molar-refractivity contribution >= 4 is 15.7 Å². The molecule has 0 aliphatic carbocycles. The van der Waals surface area contributed by atoms with E-state index < -0.39 is 15.2 Å². The van der Waals surface area contributed by atoms with E-state index >= 15 is 0 Å². The summed E-state index contributed by atoms with van der Waals surface area (Å²) in [5.41, 5.74) is 1.04. The van der Waals surface area contributed by atoms with Gasteiger partial charge in [0, 0.05) is 6.20 Å². The van der Waals surface area contributed by atoms with Crippen LogP contribution in [0.2, 0.25) is 0 Å². The van der Waals surface area contributed by atoms with Crippen LogP contribution in [0.1, 0.15) is 18.4 Å². The zero-order valence-corrected chi connectivity index (χ0v) is 15.0. The van der Waals surface area contributed by atoms with E-state index in [-0.39, 0.29) is 11.7 Å². The van der Waals surface area contributed by atoms with Crippen molar-refractivity contribution in [3.63, 3.8) is 0 Å². The molecule has 3 rings (SSSR count). The van der Waals surface area contributed by atoms with E-state index in [9.17, 15) is 8.42 Å². The van der Waals surface area contributed by atoms with Gasteiger partial charge in [0.1, 0.15) is 17.5 Å². The van der Waals surface area contributed by atoms with Gasteiger partial charge in [-0.2, -0.15) is 0 Å². The highest BCUT2D eigenvalue weighted by molar-refractivity contribution is 7.92. The Bertz CT molecular complexity index is 747. The van der Waals surface area contributed by atoms with Crippen LogP contribution in [0.5, 0.6) is 0 Å². The van der Waals surface area contributed by atoms with Crippen molar-refractivity contribution in [3.8, 4) is 0 Å². The molecule has 134 valence electrons. The maximum Gasteiger partial charge on any atom is 0.171 e. The van der Waals surface area contributed by atoms with Crippen LogP contribution in [0.25, 0.3) is 0 Å². The standard InChI is InChI=1S/C18H24N4O2S/c23-25(24,13-9-15-4-2-1-3-5-15)18(16-6-10-19-11-7-16)22-17-8-12-20-14-21-17/h1-5,8,12,14,16,18-19H,6-7,9-11,13H2,(H,20,21,22). The van der Waals surface area contributed by atoms with E-state index in [1.54, 1.807) is 12.3 Å². The summed E-state index contributed by atoms with van der Waals surface area (Å²) in [6.07, 6.45) is 5.25. The van der Waals surface area contributed by atoms with Gasteiger partial charge in [-0.25, -0.2) is 18.4 Å². The first-order valence-electron chi connectivity index (χ1n) is 8.64. The Morgan fingerprint density at radius 3 is 2.60 bits per heavy atom. The zero-order valence-electron chi connectivity index (χ0n) is 14.1. The topological polar surface area (TPSA) is 84.0 Å². The molecule has 1 saturated heterocycles. The lowest BCUT2D eigenvalue weighted by Crippen LogP contribution is -2.43. The summed E-state index contributed by atoms with van der Waals surface area (Å²) in [7, 11) is -3.32. The molecule has 1 atom stereocenters. The number of sulfone groups is 1. The molecule has 0 amide bonds. The number of nitrogens with one attached hydrogen (secondary N) is 2. The Morgan fingerprint density at radius 1 is 1.16 bits per heavy atom. The van der Waals surface area contributed by atoms with Crippen LogP contribution in [-0.2, 0) is 16.3 Å². The van der Waals surface area contributed by atoms with Crippen LogP contribution < -0.4 is 10.6 Å². The first-order valence-corrected chi connectivity index (χ1v) is 10.4. The number of hydrogen-bond acceptors (Lipinski definition) is 6. The average molecular weight is 360 g/mol. The summed E-state index contributed by atoms with van der Waals surface area (Å²) in [5.74, 6) is 0.766. The molecule has 1 aromatic heterocycles. The number of aryl methyl sites for hydroxylation is 1. The highest BCUT2D eigenvalue weighted by Gasteiger charge is 2.34. The molecule has 0 saturated carbocycles. The highest BCUT2D eigenvalue weighted by Crippen LogP contribution is 2.24. The number of benzene rings is 1. The lowest BCUT2D eigenvalue weighted by molar-refractivity contribution is 0.367. The van der Waals surface area contributed by atoms with Crippen molar-refractivity contribution in [1.29, 1.82) is 0 Å². The molecule has 0 radical (unpaired) electrons. The van der Waals surface area contributed by atoms with Crippen LogP contribution in [0, 0.1) is 5.92 Å². The minimum absolute atomic E-state index is 0.0805. The van der Waals surface area contributed by atoms with Crippen molar-refractivity contribution in [1.82, 2.24) is 15.3 Å². The number of hydrogen-bond donors (Lipinski definition) is 2. The third kappa shape index (κ3) is 4.99. The molecular formula is C18H24N4O2S. The number of aromatic nitrogens is 2. The molecule has 1 aliphatic rings. The Balaban J connectivity index is 1.76. The van der Waals surface area contributed by atoms with Crippen molar-refractivity contribution < 1.29 is 8.42 Å². The molecule has 2 aromatic rings. The molecule has 25 heavy (non-hydrogen) atoms. The van der Waals surface area contributed by atoms with E-state index in [2.05, 4.69) is 20.6 Å². The quantitative estimate of drug-likeness (QED) is 0.784. The zero-order chi connectivity index (χ0) is 17.5. The lowest BCUT2D eigenvalue weighted by atomic mass is 9.98. The first kappa shape index (κ1) is 17.8. The molecule has 7 heteroatoms. The minimum atomic E-state index is -3.32. The fourth-order valence-corrected chi connectivity index (χ4v) is 5.13. The van der Waals surface area contributed by atoms with Crippen LogP contribution in [-0.4, -0.2) is 42.6 Å². The number of rotatable bonds is 7. The summed E-state index contributed by atoms with van der Waals surface area (Å²) < 4.78 is 26.2. The lowest BCUT2D eigenvalue weighted by Gasteiger charge is -2.31. The second-order valence-corrected chi connectivity index (χ2v) is 8.59. The summed E-state index contributed by atoms with van der Waals surface area (Å²) in [6, 6.07) is 11.4. The smallest absolute Gasteiger partial charge is 0.171 e. The molecule has 1 fully saturated rings. The molecule has 2 N–H and O–H groups in total. The van der Waals surface area contributed by atoms with E-state index in [1.165, 1.54) is 6.33 Å². The monoisotopic (exact) mass is 360 g/mol. The average Bonchev–Trinajstić information content (AvgIpc) is 2.67. The Kier molecular flexibility index (Phi) is 5.99. The van der Waals surface area contributed by atoms with Crippen molar-refractivity contribution in [2.75, 3.05) is 24.2 Å². The Hall–Kier alpha value is -1.99. The van der Waals surface area contributed by atoms with Gasteiger partial charge in [-0.05, 0) is 49.9 Å². The number of nitrogens with zero attached hydrogens (tertiary/aromatic N) is 2. The van der Waals surface area contributed by atoms with Gasteiger partial charge >= 0.3 is 0 Å². The largest absolute Gasteiger partial charge is 0.353 e. The van der Waals surface area contributed by atoms with Gasteiger partial charge in [0.15, 0.2) is 9.84 Å². The maximum absolute atomic E-state index is 13.1. The van der Waals surface area contributed by atoms with Crippen molar-refractivity contribution in [2.24, 2.45) is 5.92 Å². The molecule has 1 aromatic carbocycles. The van der Waals surface area contributed by atoms with E-state index in [4.69, 9.17) is 0 Å². The predicted octanol–water partition coefficient (Wildman–Crippen LogP) is 1.87. The van der Waals surface area contributed by atoms with Gasteiger partial charge in [-0.3, -0.25) is 0 Å². The van der Waals surface area contributed by atoms with Crippen LogP contribution in [0.3, 0.4) is 0 Å². The number of piperidine rings is 1. The van der Waals surface area contributed by atoms with Gasteiger partial charge in [-0.15, -0.1) is 0 Å². The Labute approximate surface area is 149 Å².